The number of nitrogens with zero attached hydrogens (tertiary/aromatic N) is 3. The van der Waals surface area contributed by atoms with Crippen LogP contribution in [0.5, 0.6) is 5.75 Å². The average Bonchev–Trinajstić information content (AvgIpc) is 3.24. The second-order valence-corrected chi connectivity index (χ2v) is 6.71. The minimum Gasteiger partial charge on any atom is -0.494 e. The second kappa shape index (κ2) is 5.81. The minimum absolute atomic E-state index is 0.208. The first-order valence-electron chi connectivity index (χ1n) is 7.69. The monoisotopic (exact) mass is 332 g/mol. The van der Waals surface area contributed by atoms with Gasteiger partial charge in [-0.15, -0.1) is 5.10 Å². The molecule has 0 unspecified atom stereocenters. The summed E-state index contributed by atoms with van der Waals surface area (Å²) in [7, 11) is 1.45. The van der Waals surface area contributed by atoms with E-state index in [2.05, 4.69) is 10.4 Å². The Kier molecular flexibility index (Phi) is 3.65. The molecule has 1 aliphatic carbocycles. The zero-order valence-corrected chi connectivity index (χ0v) is 13.6. The van der Waals surface area contributed by atoms with Crippen LogP contribution in [0.15, 0.2) is 24.4 Å². The number of benzene rings is 1. The molecule has 1 saturated carbocycles. The summed E-state index contributed by atoms with van der Waals surface area (Å²) in [6, 6.07) is 4.65. The van der Waals surface area contributed by atoms with Crippen LogP contribution in [0.3, 0.4) is 0 Å². The molecule has 0 saturated heterocycles. The summed E-state index contributed by atoms with van der Waals surface area (Å²) in [5, 5.41) is 8.40. The van der Waals surface area contributed by atoms with Gasteiger partial charge in [-0.25, -0.2) is 13.9 Å². The topological polar surface area (TPSA) is 51.5 Å². The van der Waals surface area contributed by atoms with Gasteiger partial charge in [0.15, 0.2) is 11.6 Å². The fourth-order valence-corrected chi connectivity index (χ4v) is 3.86. The first kappa shape index (κ1) is 14.4. The number of rotatable bonds is 4. The number of ether oxygens (including phenoxy) is 1. The molecule has 0 bridgehead atoms. The van der Waals surface area contributed by atoms with Gasteiger partial charge in [-0.1, -0.05) is 24.2 Å². The molecule has 2 heterocycles. The normalized spacial score (nSPS) is 15.4. The van der Waals surface area contributed by atoms with E-state index in [0.717, 1.165) is 21.5 Å². The second-order valence-electron chi connectivity index (χ2n) is 5.76. The number of fused-ring (bicyclic) bond motifs is 1. The molecular formula is C16H17FN4OS. The Morgan fingerprint density at radius 3 is 2.91 bits per heavy atom. The van der Waals surface area contributed by atoms with Crippen molar-refractivity contribution in [2.45, 2.75) is 31.6 Å². The van der Waals surface area contributed by atoms with Crippen molar-refractivity contribution < 1.29 is 9.13 Å². The number of halogens is 1. The molecule has 0 aliphatic heterocycles. The summed E-state index contributed by atoms with van der Waals surface area (Å²) in [5.41, 5.74) is 1.88. The molecule has 7 heteroatoms. The lowest BCUT2D eigenvalue weighted by atomic mass is 10.1. The fraction of sp³-hybridized carbons (Fsp3) is 0.375. The van der Waals surface area contributed by atoms with E-state index in [-0.39, 0.29) is 11.6 Å². The van der Waals surface area contributed by atoms with Gasteiger partial charge in [0.2, 0.25) is 10.1 Å². The predicted octanol–water partition coefficient (Wildman–Crippen LogP) is 4.34. The Morgan fingerprint density at radius 1 is 1.35 bits per heavy atom. The highest BCUT2D eigenvalue weighted by molar-refractivity contribution is 7.20. The number of aromatic nitrogens is 3. The van der Waals surface area contributed by atoms with Gasteiger partial charge < -0.3 is 10.1 Å². The quantitative estimate of drug-likeness (QED) is 0.772. The molecular weight excluding hydrogens is 315 g/mol. The molecule has 1 fully saturated rings. The number of hydrogen-bond acceptors (Lipinski definition) is 5. The largest absolute Gasteiger partial charge is 0.494 e. The smallest absolute Gasteiger partial charge is 0.214 e. The van der Waals surface area contributed by atoms with Crippen molar-refractivity contribution in [2.24, 2.45) is 0 Å². The summed E-state index contributed by atoms with van der Waals surface area (Å²) < 4.78 is 20.3. The van der Waals surface area contributed by atoms with Crippen molar-refractivity contribution in [2.75, 3.05) is 12.4 Å². The summed E-state index contributed by atoms with van der Waals surface area (Å²) in [6.07, 6.45) is 7.07. The third kappa shape index (κ3) is 2.76. The zero-order chi connectivity index (χ0) is 15.8. The van der Waals surface area contributed by atoms with Crippen LogP contribution >= 0.6 is 11.3 Å². The SMILES string of the molecule is COc1cc(Nc2nn3cc(C4CCCC4)nc3s2)ccc1F. The number of methoxy groups -OCH3 is 1. The van der Waals surface area contributed by atoms with Gasteiger partial charge in [0, 0.05) is 17.7 Å². The predicted molar refractivity (Wildman–Crippen MR) is 88.3 cm³/mol. The molecule has 0 atom stereocenters. The van der Waals surface area contributed by atoms with Crippen LogP contribution in [0.2, 0.25) is 0 Å². The highest BCUT2D eigenvalue weighted by Crippen LogP contribution is 2.34. The first-order chi connectivity index (χ1) is 11.2. The van der Waals surface area contributed by atoms with Crippen LogP contribution in [0.4, 0.5) is 15.2 Å². The molecule has 1 N–H and O–H groups in total. The van der Waals surface area contributed by atoms with Crippen molar-refractivity contribution in [1.82, 2.24) is 14.6 Å². The molecule has 3 aromatic rings. The number of hydrogen-bond donors (Lipinski definition) is 1. The van der Waals surface area contributed by atoms with Gasteiger partial charge in [0.25, 0.3) is 0 Å². The Morgan fingerprint density at radius 2 is 2.17 bits per heavy atom. The maximum absolute atomic E-state index is 13.4. The zero-order valence-electron chi connectivity index (χ0n) is 12.8. The van der Waals surface area contributed by atoms with Gasteiger partial charge in [0.05, 0.1) is 19.0 Å². The summed E-state index contributed by atoms with van der Waals surface area (Å²) in [5.74, 6) is 0.412. The molecule has 1 aromatic carbocycles. The van der Waals surface area contributed by atoms with Crippen molar-refractivity contribution in [3.63, 3.8) is 0 Å². The number of imidazole rings is 1. The molecule has 2 aromatic heterocycles. The van der Waals surface area contributed by atoms with Crippen molar-refractivity contribution in [3.05, 3.63) is 35.9 Å². The van der Waals surface area contributed by atoms with Crippen LogP contribution in [0.1, 0.15) is 37.3 Å². The summed E-state index contributed by atoms with van der Waals surface area (Å²) in [6.45, 7) is 0. The van der Waals surface area contributed by atoms with Gasteiger partial charge in [-0.05, 0) is 25.0 Å². The Labute approximate surface area is 137 Å². The van der Waals surface area contributed by atoms with Crippen LogP contribution in [0.25, 0.3) is 4.96 Å². The van der Waals surface area contributed by atoms with E-state index in [1.807, 2.05) is 10.7 Å². The van der Waals surface area contributed by atoms with E-state index in [0.29, 0.717) is 5.92 Å². The Bertz CT molecular complexity index is 806. The van der Waals surface area contributed by atoms with E-state index in [9.17, 15) is 4.39 Å². The van der Waals surface area contributed by atoms with E-state index in [4.69, 9.17) is 9.72 Å². The standard InChI is InChI=1S/C16H17FN4OS/c1-22-14-8-11(6-7-12(14)17)18-15-20-21-9-13(19-16(21)23-15)10-4-2-3-5-10/h6-10H,2-5H2,1H3,(H,18,20). The summed E-state index contributed by atoms with van der Waals surface area (Å²) in [4.78, 5) is 5.58. The molecule has 1 aliphatic rings. The number of nitrogens with one attached hydrogen (secondary N) is 1. The van der Waals surface area contributed by atoms with Crippen LogP contribution in [0, 0.1) is 5.82 Å². The maximum atomic E-state index is 13.4. The molecule has 0 radical (unpaired) electrons. The first-order valence-corrected chi connectivity index (χ1v) is 8.51. The number of anilines is 2. The lowest BCUT2D eigenvalue weighted by Crippen LogP contribution is -1.95. The van der Waals surface area contributed by atoms with E-state index in [1.165, 1.54) is 50.2 Å². The molecule has 5 nitrogen and oxygen atoms in total. The molecule has 120 valence electrons. The third-order valence-corrected chi connectivity index (χ3v) is 5.08. The Balaban J connectivity index is 1.56. The van der Waals surface area contributed by atoms with Gasteiger partial charge >= 0.3 is 0 Å². The van der Waals surface area contributed by atoms with Crippen molar-refractivity contribution >= 4 is 27.1 Å². The highest BCUT2D eigenvalue weighted by atomic mass is 32.1. The minimum atomic E-state index is -0.381. The lowest BCUT2D eigenvalue weighted by Gasteiger charge is -2.06. The maximum Gasteiger partial charge on any atom is 0.214 e. The molecule has 23 heavy (non-hydrogen) atoms. The van der Waals surface area contributed by atoms with E-state index >= 15 is 0 Å². The van der Waals surface area contributed by atoms with Gasteiger partial charge in [0.1, 0.15) is 0 Å². The molecule has 0 spiro atoms. The highest BCUT2D eigenvalue weighted by Gasteiger charge is 2.21. The molecule has 0 amide bonds. The van der Waals surface area contributed by atoms with Gasteiger partial charge in [-0.3, -0.25) is 0 Å². The van der Waals surface area contributed by atoms with E-state index < -0.39 is 0 Å². The molecule has 4 rings (SSSR count). The Hall–Kier alpha value is -2.15. The van der Waals surface area contributed by atoms with Gasteiger partial charge in [-0.2, -0.15) is 0 Å². The fourth-order valence-electron chi connectivity index (χ4n) is 3.05. The van der Waals surface area contributed by atoms with Crippen molar-refractivity contribution in [1.29, 1.82) is 0 Å². The average molecular weight is 332 g/mol. The van der Waals surface area contributed by atoms with Crippen LogP contribution < -0.4 is 10.1 Å². The van der Waals surface area contributed by atoms with Crippen LogP contribution in [-0.4, -0.2) is 21.7 Å². The van der Waals surface area contributed by atoms with Crippen molar-refractivity contribution in [3.8, 4) is 5.75 Å². The summed E-state index contributed by atoms with van der Waals surface area (Å²) >= 11 is 1.48. The third-order valence-electron chi connectivity index (χ3n) is 4.24. The lowest BCUT2D eigenvalue weighted by molar-refractivity contribution is 0.387. The van der Waals surface area contributed by atoms with E-state index in [1.54, 1.807) is 12.1 Å². The van der Waals surface area contributed by atoms with Crippen LogP contribution in [-0.2, 0) is 0 Å².